The molecule has 0 radical (unpaired) electrons. The third-order valence-corrected chi connectivity index (χ3v) is 2.29. The Kier molecular flexibility index (Phi) is 4.98. The van der Waals surface area contributed by atoms with Crippen LogP contribution in [0.25, 0.3) is 0 Å². The van der Waals surface area contributed by atoms with E-state index in [0.717, 1.165) is 23.5 Å². The number of carbonyl (C=O) groups is 1. The average molecular weight is 225 g/mol. The van der Waals surface area contributed by atoms with Gasteiger partial charge in [0.25, 0.3) is 0 Å². The summed E-state index contributed by atoms with van der Waals surface area (Å²) in [6, 6.07) is 0. The van der Waals surface area contributed by atoms with Crippen LogP contribution in [0.2, 0.25) is 0 Å². The smallest absolute Gasteiger partial charge is 0.224 e. The van der Waals surface area contributed by atoms with Crippen LogP contribution < -0.4 is 5.32 Å². The predicted molar refractivity (Wildman–Crippen MR) is 62.4 cm³/mol. The molecule has 0 unspecified atom stereocenters. The molecule has 90 valence electrons. The number of anilines is 1. The topological polar surface area (TPSA) is 67.0 Å². The third-order valence-electron chi connectivity index (χ3n) is 2.29. The molecule has 1 heterocycles. The van der Waals surface area contributed by atoms with Gasteiger partial charge in [-0.05, 0) is 27.2 Å². The molecule has 0 fully saturated rings. The number of H-pyrrole nitrogens is 1. The molecule has 1 amide bonds. The van der Waals surface area contributed by atoms with Gasteiger partial charge in [0.15, 0.2) is 0 Å². The molecule has 0 aromatic carbocycles. The van der Waals surface area contributed by atoms with E-state index in [0.29, 0.717) is 19.6 Å². The van der Waals surface area contributed by atoms with E-state index in [9.17, 15) is 4.79 Å². The van der Waals surface area contributed by atoms with Crippen molar-refractivity contribution in [1.29, 1.82) is 0 Å². The molecule has 0 atom stereocenters. The van der Waals surface area contributed by atoms with Gasteiger partial charge in [-0.15, -0.1) is 0 Å². The number of aryl methyl sites for hydroxylation is 2. The summed E-state index contributed by atoms with van der Waals surface area (Å²) in [5.41, 5.74) is 2.49. The Balaban J connectivity index is 2.34. The van der Waals surface area contributed by atoms with E-state index in [1.165, 1.54) is 0 Å². The molecule has 16 heavy (non-hydrogen) atoms. The standard InChI is InChI=1S/C11H19N3O2/c1-4-16-7-5-6-10(15)12-11-8(2)13-14-9(11)3/h4-7H2,1-3H3,(H,12,15)(H,13,14). The van der Waals surface area contributed by atoms with Gasteiger partial charge in [0.1, 0.15) is 0 Å². The lowest BCUT2D eigenvalue weighted by Crippen LogP contribution is -2.13. The zero-order chi connectivity index (χ0) is 12.0. The van der Waals surface area contributed by atoms with Gasteiger partial charge in [0, 0.05) is 19.6 Å². The van der Waals surface area contributed by atoms with Crippen molar-refractivity contribution in [2.45, 2.75) is 33.6 Å². The SMILES string of the molecule is CCOCCCC(=O)Nc1c(C)n[nH]c1C. The zero-order valence-corrected chi connectivity index (χ0v) is 10.1. The molecule has 0 spiro atoms. The number of amides is 1. The lowest BCUT2D eigenvalue weighted by Gasteiger charge is -2.05. The van der Waals surface area contributed by atoms with Gasteiger partial charge in [-0.3, -0.25) is 9.89 Å². The summed E-state index contributed by atoms with van der Waals surface area (Å²) in [5.74, 6) is 0.00676. The van der Waals surface area contributed by atoms with Crippen molar-refractivity contribution in [3.63, 3.8) is 0 Å². The fourth-order valence-electron chi connectivity index (χ4n) is 1.42. The van der Waals surface area contributed by atoms with Crippen LogP contribution in [0.5, 0.6) is 0 Å². The summed E-state index contributed by atoms with van der Waals surface area (Å²) < 4.78 is 5.17. The molecule has 0 saturated carbocycles. The number of aromatic amines is 1. The molecule has 1 rings (SSSR count). The van der Waals surface area contributed by atoms with Gasteiger partial charge < -0.3 is 10.1 Å². The number of carbonyl (C=O) groups excluding carboxylic acids is 1. The monoisotopic (exact) mass is 225 g/mol. The summed E-state index contributed by atoms with van der Waals surface area (Å²) in [6.07, 6.45) is 1.22. The second kappa shape index (κ2) is 6.27. The second-order valence-corrected chi connectivity index (χ2v) is 3.66. The van der Waals surface area contributed by atoms with Crippen molar-refractivity contribution in [2.75, 3.05) is 18.5 Å². The van der Waals surface area contributed by atoms with Crippen LogP contribution in [0.3, 0.4) is 0 Å². The summed E-state index contributed by atoms with van der Waals surface area (Å²) in [5, 5.41) is 9.69. The number of aromatic nitrogens is 2. The van der Waals surface area contributed by atoms with Crippen LogP contribution in [0.4, 0.5) is 5.69 Å². The first-order valence-electron chi connectivity index (χ1n) is 5.54. The minimum Gasteiger partial charge on any atom is -0.382 e. The quantitative estimate of drug-likeness (QED) is 0.725. The van der Waals surface area contributed by atoms with Crippen LogP contribution in [0, 0.1) is 13.8 Å². The Labute approximate surface area is 95.6 Å². The second-order valence-electron chi connectivity index (χ2n) is 3.66. The summed E-state index contributed by atoms with van der Waals surface area (Å²) >= 11 is 0. The Hall–Kier alpha value is -1.36. The van der Waals surface area contributed by atoms with Crippen molar-refractivity contribution in [3.8, 4) is 0 Å². The molecule has 0 saturated heterocycles. The number of rotatable bonds is 6. The fraction of sp³-hybridized carbons (Fsp3) is 0.636. The van der Waals surface area contributed by atoms with Crippen molar-refractivity contribution < 1.29 is 9.53 Å². The molecular formula is C11H19N3O2. The van der Waals surface area contributed by atoms with Crippen molar-refractivity contribution in [2.24, 2.45) is 0 Å². The van der Waals surface area contributed by atoms with E-state index in [4.69, 9.17) is 4.74 Å². The Bertz CT molecular complexity index is 327. The number of hydrogen-bond donors (Lipinski definition) is 2. The highest BCUT2D eigenvalue weighted by atomic mass is 16.5. The van der Waals surface area contributed by atoms with Gasteiger partial charge in [0.05, 0.1) is 17.1 Å². The van der Waals surface area contributed by atoms with Crippen LogP contribution in [0.1, 0.15) is 31.2 Å². The first-order valence-corrected chi connectivity index (χ1v) is 5.54. The summed E-state index contributed by atoms with van der Waals surface area (Å²) in [7, 11) is 0. The highest BCUT2D eigenvalue weighted by Gasteiger charge is 2.09. The summed E-state index contributed by atoms with van der Waals surface area (Å²) in [4.78, 5) is 11.6. The Morgan fingerprint density at radius 2 is 2.25 bits per heavy atom. The number of ether oxygens (including phenoxy) is 1. The first-order chi connectivity index (χ1) is 7.65. The van der Waals surface area contributed by atoms with E-state index in [-0.39, 0.29) is 5.91 Å². The Morgan fingerprint density at radius 1 is 1.50 bits per heavy atom. The molecule has 2 N–H and O–H groups in total. The van der Waals surface area contributed by atoms with Crippen LogP contribution in [-0.4, -0.2) is 29.3 Å². The fourth-order valence-corrected chi connectivity index (χ4v) is 1.42. The van der Waals surface area contributed by atoms with Crippen molar-refractivity contribution in [3.05, 3.63) is 11.4 Å². The highest BCUT2D eigenvalue weighted by Crippen LogP contribution is 2.16. The number of hydrogen-bond acceptors (Lipinski definition) is 3. The summed E-state index contributed by atoms with van der Waals surface area (Å²) in [6.45, 7) is 7.02. The van der Waals surface area contributed by atoms with Gasteiger partial charge >= 0.3 is 0 Å². The largest absolute Gasteiger partial charge is 0.382 e. The minimum atomic E-state index is 0.00676. The highest BCUT2D eigenvalue weighted by molar-refractivity contribution is 5.91. The van der Waals surface area contributed by atoms with Crippen LogP contribution in [0.15, 0.2) is 0 Å². The number of nitrogens with one attached hydrogen (secondary N) is 2. The zero-order valence-electron chi connectivity index (χ0n) is 10.1. The van der Waals surface area contributed by atoms with Crippen molar-refractivity contribution >= 4 is 11.6 Å². The van der Waals surface area contributed by atoms with E-state index in [1.807, 2.05) is 20.8 Å². The number of nitrogens with zero attached hydrogens (tertiary/aromatic N) is 1. The molecule has 0 aliphatic carbocycles. The molecule has 0 aliphatic heterocycles. The molecule has 1 aromatic heterocycles. The molecular weight excluding hydrogens is 206 g/mol. The van der Waals surface area contributed by atoms with Crippen molar-refractivity contribution in [1.82, 2.24) is 10.2 Å². The van der Waals surface area contributed by atoms with Gasteiger partial charge in [-0.1, -0.05) is 0 Å². The Morgan fingerprint density at radius 3 is 2.81 bits per heavy atom. The van der Waals surface area contributed by atoms with Crippen LogP contribution in [-0.2, 0) is 9.53 Å². The lowest BCUT2D eigenvalue weighted by atomic mass is 10.2. The molecule has 0 aliphatic rings. The molecule has 5 heteroatoms. The predicted octanol–water partition coefficient (Wildman–Crippen LogP) is 1.78. The van der Waals surface area contributed by atoms with E-state index in [2.05, 4.69) is 15.5 Å². The average Bonchev–Trinajstić information content (AvgIpc) is 2.56. The van der Waals surface area contributed by atoms with Gasteiger partial charge in [0.2, 0.25) is 5.91 Å². The maximum Gasteiger partial charge on any atom is 0.224 e. The molecule has 0 bridgehead atoms. The molecule has 1 aromatic rings. The normalized spacial score (nSPS) is 10.4. The maximum atomic E-state index is 11.6. The minimum absolute atomic E-state index is 0.00676. The van der Waals surface area contributed by atoms with Gasteiger partial charge in [-0.25, -0.2) is 0 Å². The van der Waals surface area contributed by atoms with E-state index >= 15 is 0 Å². The lowest BCUT2D eigenvalue weighted by molar-refractivity contribution is -0.116. The molecule has 5 nitrogen and oxygen atoms in total. The van der Waals surface area contributed by atoms with Gasteiger partial charge in [-0.2, -0.15) is 5.10 Å². The first kappa shape index (κ1) is 12.7. The van der Waals surface area contributed by atoms with E-state index < -0.39 is 0 Å². The van der Waals surface area contributed by atoms with Crippen LogP contribution >= 0.6 is 0 Å². The van der Waals surface area contributed by atoms with E-state index in [1.54, 1.807) is 0 Å². The third kappa shape index (κ3) is 3.66. The maximum absolute atomic E-state index is 11.6.